The molecule has 0 fully saturated rings. The smallest absolute Gasteiger partial charge is 0.160 e. The number of rotatable bonds is 6. The van der Waals surface area contributed by atoms with Crippen LogP contribution in [0.2, 0.25) is 0 Å². The summed E-state index contributed by atoms with van der Waals surface area (Å²) in [5.74, 6) is 0.703. The van der Waals surface area contributed by atoms with Gasteiger partial charge in [0.1, 0.15) is 0 Å². The summed E-state index contributed by atoms with van der Waals surface area (Å²) < 4.78 is 4.77. The Morgan fingerprint density at radius 2 is 0.797 bits per heavy atom. The van der Waals surface area contributed by atoms with Crippen molar-refractivity contribution in [3.8, 4) is 56.3 Å². The second-order valence-electron chi connectivity index (χ2n) is 16.6. The van der Waals surface area contributed by atoms with Gasteiger partial charge in [0.25, 0.3) is 0 Å². The highest BCUT2D eigenvalue weighted by molar-refractivity contribution is 6.19. The molecule has 10 aromatic carbocycles. The molecule has 298 valence electrons. The summed E-state index contributed by atoms with van der Waals surface area (Å²) in [5, 5.41) is 8.44. The van der Waals surface area contributed by atoms with Gasteiger partial charge < -0.3 is 9.13 Å². The van der Waals surface area contributed by atoms with Gasteiger partial charge in [-0.25, -0.2) is 9.97 Å². The second kappa shape index (κ2) is 14.5. The Bertz CT molecular complexity index is 3920. The highest BCUT2D eigenvalue weighted by Gasteiger charge is 2.18. The van der Waals surface area contributed by atoms with Gasteiger partial charge >= 0.3 is 0 Å². The maximum absolute atomic E-state index is 5.32. The van der Waals surface area contributed by atoms with E-state index >= 15 is 0 Å². The maximum atomic E-state index is 5.32. The number of aromatic nitrogens is 4. The molecule has 0 saturated carbocycles. The molecule has 0 aliphatic rings. The molecule has 3 heterocycles. The Balaban J connectivity index is 0.899. The highest BCUT2D eigenvalue weighted by Crippen LogP contribution is 2.40. The van der Waals surface area contributed by atoms with E-state index in [4.69, 9.17) is 9.97 Å². The predicted octanol–water partition coefficient (Wildman–Crippen LogP) is 15.6. The number of hydrogen-bond acceptors (Lipinski definition) is 2. The van der Waals surface area contributed by atoms with Gasteiger partial charge in [0.15, 0.2) is 5.82 Å². The van der Waals surface area contributed by atoms with Crippen LogP contribution in [0.4, 0.5) is 0 Å². The Kier molecular flexibility index (Phi) is 8.18. The normalized spacial score (nSPS) is 11.8. The molecular weight excluding hydrogens is 777 g/mol. The molecule has 0 bridgehead atoms. The van der Waals surface area contributed by atoms with E-state index in [0.717, 1.165) is 55.8 Å². The Labute approximate surface area is 369 Å². The van der Waals surface area contributed by atoms with E-state index in [1.165, 1.54) is 59.9 Å². The molecule has 0 atom stereocenters. The fourth-order valence-electron chi connectivity index (χ4n) is 9.88. The fraction of sp³-hybridized carbons (Fsp3) is 0. The monoisotopic (exact) mass is 814 g/mol. The number of fused-ring (bicyclic) bond motifs is 9. The van der Waals surface area contributed by atoms with Crippen LogP contribution in [0, 0.1) is 0 Å². The van der Waals surface area contributed by atoms with E-state index in [0.29, 0.717) is 5.82 Å². The number of benzene rings is 10. The van der Waals surface area contributed by atoms with Crippen LogP contribution in [-0.2, 0) is 0 Å². The van der Waals surface area contributed by atoms with Crippen LogP contribution in [0.3, 0.4) is 0 Å². The highest BCUT2D eigenvalue weighted by atomic mass is 15.0. The van der Waals surface area contributed by atoms with Crippen LogP contribution in [0.5, 0.6) is 0 Å². The van der Waals surface area contributed by atoms with E-state index in [1.54, 1.807) is 0 Å². The fourth-order valence-corrected chi connectivity index (χ4v) is 9.88. The Morgan fingerprint density at radius 3 is 1.53 bits per heavy atom. The molecule has 4 nitrogen and oxygen atoms in total. The zero-order chi connectivity index (χ0) is 42.1. The van der Waals surface area contributed by atoms with Crippen LogP contribution in [-0.4, -0.2) is 19.1 Å². The zero-order valence-corrected chi connectivity index (χ0v) is 34.7. The predicted molar refractivity (Wildman–Crippen MR) is 267 cm³/mol. The number of para-hydroxylation sites is 3. The van der Waals surface area contributed by atoms with E-state index < -0.39 is 0 Å². The van der Waals surface area contributed by atoms with E-state index in [1.807, 2.05) is 0 Å². The third-order valence-electron chi connectivity index (χ3n) is 12.9. The number of hydrogen-bond donors (Lipinski definition) is 0. The first-order chi connectivity index (χ1) is 31.7. The standard InChI is InChI=1S/C60H38N4/c1-4-15-41(16-5-1)58-53-38-44(45-31-34-56-51(37-45)49-22-12-13-23-55(49)63(56)46-17-6-2-7-18-46)29-33-54(53)61-60(62-58)42-26-24-39(25-27-42)43-30-35-57-52(36-43)50-32-28-40-14-10-11-21-48(40)59(50)64(57)47-19-8-3-9-20-47/h1-38H. The molecule has 13 rings (SSSR count). The van der Waals surface area contributed by atoms with Gasteiger partial charge in [0.05, 0.1) is 33.3 Å². The average Bonchev–Trinajstić information content (AvgIpc) is 3.89. The molecule has 0 spiro atoms. The first kappa shape index (κ1) is 36.1. The lowest BCUT2D eigenvalue weighted by Gasteiger charge is -2.12. The minimum absolute atomic E-state index is 0.703. The Morgan fingerprint density at radius 1 is 0.281 bits per heavy atom. The molecule has 0 unspecified atom stereocenters. The van der Waals surface area contributed by atoms with Crippen molar-refractivity contribution >= 4 is 65.3 Å². The van der Waals surface area contributed by atoms with Crippen molar-refractivity contribution in [2.45, 2.75) is 0 Å². The summed E-state index contributed by atoms with van der Waals surface area (Å²) in [7, 11) is 0. The van der Waals surface area contributed by atoms with Gasteiger partial charge in [-0.2, -0.15) is 0 Å². The van der Waals surface area contributed by atoms with E-state index in [2.05, 4.69) is 240 Å². The third-order valence-corrected chi connectivity index (χ3v) is 12.9. The van der Waals surface area contributed by atoms with Crippen molar-refractivity contribution < 1.29 is 0 Å². The molecule has 0 radical (unpaired) electrons. The zero-order valence-electron chi connectivity index (χ0n) is 34.7. The van der Waals surface area contributed by atoms with Crippen molar-refractivity contribution in [3.05, 3.63) is 231 Å². The SMILES string of the molecule is c1ccc(-c2nc(-c3ccc(-c4ccc5c(c4)c4ccc6ccccc6c4n5-c4ccccc4)cc3)nc3ccc(-c4ccc5c(c4)c4ccccc4n5-c4ccccc4)cc23)cc1. The van der Waals surface area contributed by atoms with Crippen LogP contribution >= 0.6 is 0 Å². The summed E-state index contributed by atoms with van der Waals surface area (Å²) in [6, 6.07) is 82.7. The molecule has 64 heavy (non-hydrogen) atoms. The quantitative estimate of drug-likeness (QED) is 0.168. The minimum atomic E-state index is 0.703. The second-order valence-corrected chi connectivity index (χ2v) is 16.6. The van der Waals surface area contributed by atoms with Gasteiger partial charge in [0.2, 0.25) is 0 Å². The average molecular weight is 815 g/mol. The molecule has 0 aliphatic heterocycles. The topological polar surface area (TPSA) is 35.6 Å². The summed E-state index contributed by atoms with van der Waals surface area (Å²) >= 11 is 0. The van der Waals surface area contributed by atoms with Crippen LogP contribution in [0.15, 0.2) is 231 Å². The molecular formula is C60H38N4. The summed E-state index contributed by atoms with van der Waals surface area (Å²) in [6.07, 6.45) is 0. The van der Waals surface area contributed by atoms with Crippen LogP contribution in [0.1, 0.15) is 0 Å². The van der Waals surface area contributed by atoms with Crippen molar-refractivity contribution in [2.75, 3.05) is 0 Å². The van der Waals surface area contributed by atoms with Gasteiger partial charge in [0, 0.05) is 54.8 Å². The first-order valence-electron chi connectivity index (χ1n) is 21.8. The van der Waals surface area contributed by atoms with Crippen LogP contribution in [0.25, 0.3) is 122 Å². The minimum Gasteiger partial charge on any atom is -0.309 e. The lowest BCUT2D eigenvalue weighted by molar-refractivity contribution is 1.18. The largest absolute Gasteiger partial charge is 0.309 e. The first-order valence-corrected chi connectivity index (χ1v) is 21.8. The van der Waals surface area contributed by atoms with Gasteiger partial charge in [-0.1, -0.05) is 164 Å². The van der Waals surface area contributed by atoms with Crippen molar-refractivity contribution in [3.63, 3.8) is 0 Å². The molecule has 4 heteroatoms. The molecule has 0 saturated heterocycles. The van der Waals surface area contributed by atoms with Crippen molar-refractivity contribution in [1.29, 1.82) is 0 Å². The summed E-state index contributed by atoms with van der Waals surface area (Å²) in [5.41, 5.74) is 15.6. The van der Waals surface area contributed by atoms with Gasteiger partial charge in [-0.05, 0) is 94.4 Å². The summed E-state index contributed by atoms with van der Waals surface area (Å²) in [4.78, 5) is 10.5. The lowest BCUT2D eigenvalue weighted by atomic mass is 9.98. The molecule has 3 aromatic heterocycles. The maximum Gasteiger partial charge on any atom is 0.160 e. The van der Waals surface area contributed by atoms with Crippen LogP contribution < -0.4 is 0 Å². The molecule has 0 amide bonds. The van der Waals surface area contributed by atoms with Gasteiger partial charge in [-0.15, -0.1) is 0 Å². The number of nitrogens with zero attached hydrogens (tertiary/aromatic N) is 4. The Hall–Kier alpha value is -8.60. The molecule has 13 aromatic rings. The van der Waals surface area contributed by atoms with Gasteiger partial charge in [-0.3, -0.25) is 0 Å². The molecule has 0 N–H and O–H groups in total. The third kappa shape index (κ3) is 5.77. The van der Waals surface area contributed by atoms with Crippen molar-refractivity contribution in [2.24, 2.45) is 0 Å². The summed E-state index contributed by atoms with van der Waals surface area (Å²) in [6.45, 7) is 0. The van der Waals surface area contributed by atoms with Crippen molar-refractivity contribution in [1.82, 2.24) is 19.1 Å². The lowest BCUT2D eigenvalue weighted by Crippen LogP contribution is -1.96. The van der Waals surface area contributed by atoms with E-state index in [-0.39, 0.29) is 0 Å². The molecule has 0 aliphatic carbocycles. The van der Waals surface area contributed by atoms with E-state index in [9.17, 15) is 0 Å².